The fourth-order valence-electron chi connectivity index (χ4n) is 4.68. The van der Waals surface area contributed by atoms with Gasteiger partial charge in [0.2, 0.25) is 5.91 Å². The molecule has 1 aliphatic heterocycles. The fraction of sp³-hybridized carbons (Fsp3) is 0.619. The maximum Gasteiger partial charge on any atom is 0.254 e. The monoisotopic (exact) mass is 358 g/mol. The molecule has 1 N–H and O–H groups in total. The van der Waals surface area contributed by atoms with Crippen molar-refractivity contribution in [3.63, 3.8) is 0 Å². The summed E-state index contributed by atoms with van der Waals surface area (Å²) in [4.78, 5) is 28.6. The van der Waals surface area contributed by atoms with Gasteiger partial charge in [-0.2, -0.15) is 0 Å². The minimum atomic E-state index is -0.396. The van der Waals surface area contributed by atoms with Crippen molar-refractivity contribution in [1.82, 2.24) is 10.2 Å². The average Bonchev–Trinajstić information content (AvgIpc) is 3.09. The number of rotatable bonds is 6. The lowest BCUT2D eigenvalue weighted by molar-refractivity contribution is -0.126. The predicted molar refractivity (Wildman–Crippen MR) is 101 cm³/mol. The molecule has 1 aromatic carbocycles. The fourth-order valence-corrected chi connectivity index (χ4v) is 4.68. The van der Waals surface area contributed by atoms with E-state index in [9.17, 15) is 9.59 Å². The number of nitrogens with zero attached hydrogens (tertiary/aromatic N) is 1. The normalized spacial score (nSPS) is 21.3. The molecule has 1 atom stereocenters. The lowest BCUT2D eigenvalue weighted by Crippen LogP contribution is -2.61. The second kappa shape index (κ2) is 7.78. The molecule has 2 aliphatic rings. The van der Waals surface area contributed by atoms with Gasteiger partial charge in [0.05, 0.1) is 18.1 Å². The molecule has 0 saturated heterocycles. The Bertz CT molecular complexity index is 665. The van der Waals surface area contributed by atoms with Crippen LogP contribution in [-0.4, -0.2) is 49.1 Å². The van der Waals surface area contributed by atoms with Gasteiger partial charge in [-0.1, -0.05) is 44.9 Å². The van der Waals surface area contributed by atoms with Crippen LogP contribution in [0.5, 0.6) is 0 Å². The van der Waals surface area contributed by atoms with Crippen LogP contribution in [0.25, 0.3) is 0 Å². The Morgan fingerprint density at radius 3 is 2.65 bits per heavy atom. The van der Waals surface area contributed by atoms with Crippen molar-refractivity contribution < 1.29 is 14.3 Å². The highest BCUT2D eigenvalue weighted by molar-refractivity contribution is 6.02. The van der Waals surface area contributed by atoms with E-state index in [1.807, 2.05) is 29.2 Å². The first-order chi connectivity index (χ1) is 12.5. The highest BCUT2D eigenvalue weighted by Crippen LogP contribution is 2.50. The second-order valence-electron chi connectivity index (χ2n) is 7.92. The highest BCUT2D eigenvalue weighted by Gasteiger charge is 2.55. The van der Waals surface area contributed by atoms with Crippen molar-refractivity contribution in [2.24, 2.45) is 5.92 Å². The van der Waals surface area contributed by atoms with Gasteiger partial charge in [0.15, 0.2) is 0 Å². The molecule has 142 valence electrons. The third kappa shape index (κ3) is 3.25. The zero-order chi connectivity index (χ0) is 18.7. The minimum Gasteiger partial charge on any atom is -0.383 e. The Hall–Kier alpha value is -1.88. The van der Waals surface area contributed by atoms with E-state index in [4.69, 9.17) is 4.74 Å². The summed E-state index contributed by atoms with van der Waals surface area (Å²) in [5, 5.41) is 3.03. The SMILES string of the molecule is COCCNC(=O)[C@H]1c2ccccc2C(=O)N(CC(C)C)C12CCCC2. The van der Waals surface area contributed by atoms with Gasteiger partial charge in [-0.15, -0.1) is 0 Å². The summed E-state index contributed by atoms with van der Waals surface area (Å²) in [6.45, 7) is 5.92. The number of hydrogen-bond donors (Lipinski definition) is 1. The lowest BCUT2D eigenvalue weighted by Gasteiger charge is -2.50. The smallest absolute Gasteiger partial charge is 0.254 e. The van der Waals surface area contributed by atoms with Crippen LogP contribution in [-0.2, 0) is 9.53 Å². The van der Waals surface area contributed by atoms with Crippen LogP contribution in [0.1, 0.15) is 61.4 Å². The van der Waals surface area contributed by atoms with Crippen LogP contribution in [0.15, 0.2) is 24.3 Å². The number of methoxy groups -OCH3 is 1. The minimum absolute atomic E-state index is 0.0117. The van der Waals surface area contributed by atoms with Gasteiger partial charge in [-0.05, 0) is 30.4 Å². The third-order valence-corrected chi connectivity index (χ3v) is 5.71. The van der Waals surface area contributed by atoms with Crippen LogP contribution in [0.3, 0.4) is 0 Å². The van der Waals surface area contributed by atoms with E-state index in [2.05, 4.69) is 19.2 Å². The topological polar surface area (TPSA) is 58.6 Å². The largest absolute Gasteiger partial charge is 0.383 e. The van der Waals surface area contributed by atoms with Gasteiger partial charge in [-0.25, -0.2) is 0 Å². The Morgan fingerprint density at radius 2 is 2.00 bits per heavy atom. The molecule has 1 spiro atoms. The molecular formula is C21H30N2O3. The van der Waals surface area contributed by atoms with E-state index in [0.29, 0.717) is 31.2 Å². The second-order valence-corrected chi connectivity index (χ2v) is 7.92. The van der Waals surface area contributed by atoms with Crippen molar-refractivity contribution in [2.45, 2.75) is 51.0 Å². The standard InChI is InChI=1S/C21H30N2O3/c1-15(2)14-23-20(25)17-9-5-4-8-16(17)18(19(24)22-12-13-26-3)21(23)10-6-7-11-21/h4-5,8-9,15,18H,6-7,10-14H2,1-3H3,(H,22,24)/t18-/m1/s1. The van der Waals surface area contributed by atoms with Gasteiger partial charge in [0.1, 0.15) is 0 Å². The molecule has 0 aromatic heterocycles. The number of nitrogens with one attached hydrogen (secondary N) is 1. The summed E-state index contributed by atoms with van der Waals surface area (Å²) < 4.78 is 5.08. The third-order valence-electron chi connectivity index (χ3n) is 5.71. The molecule has 2 amide bonds. The Kier molecular flexibility index (Phi) is 5.66. The number of carbonyl (C=O) groups is 2. The number of hydrogen-bond acceptors (Lipinski definition) is 3. The van der Waals surface area contributed by atoms with Crippen molar-refractivity contribution in [1.29, 1.82) is 0 Å². The van der Waals surface area contributed by atoms with E-state index in [-0.39, 0.29) is 17.7 Å². The molecule has 0 unspecified atom stereocenters. The van der Waals surface area contributed by atoms with E-state index in [1.165, 1.54) is 0 Å². The zero-order valence-corrected chi connectivity index (χ0v) is 16.1. The number of fused-ring (bicyclic) bond motifs is 1. The quantitative estimate of drug-likeness (QED) is 0.796. The van der Waals surface area contributed by atoms with Crippen molar-refractivity contribution >= 4 is 11.8 Å². The van der Waals surface area contributed by atoms with E-state index < -0.39 is 5.54 Å². The Balaban J connectivity index is 2.06. The number of ether oxygens (including phenoxy) is 1. The predicted octanol–water partition coefficient (Wildman–Crippen LogP) is 2.96. The first-order valence-electron chi connectivity index (χ1n) is 9.69. The van der Waals surface area contributed by atoms with Crippen LogP contribution >= 0.6 is 0 Å². The molecular weight excluding hydrogens is 328 g/mol. The van der Waals surface area contributed by atoms with Crippen molar-refractivity contribution in [3.8, 4) is 0 Å². The van der Waals surface area contributed by atoms with E-state index >= 15 is 0 Å². The molecule has 3 rings (SSSR count). The average molecular weight is 358 g/mol. The summed E-state index contributed by atoms with van der Waals surface area (Å²) in [6, 6.07) is 7.64. The molecule has 0 radical (unpaired) electrons. The molecule has 5 heteroatoms. The van der Waals surface area contributed by atoms with Gasteiger partial charge in [0.25, 0.3) is 5.91 Å². The molecule has 1 aliphatic carbocycles. The number of amides is 2. The Labute approximate surface area is 156 Å². The maximum atomic E-state index is 13.3. The van der Waals surface area contributed by atoms with Gasteiger partial charge < -0.3 is 15.0 Å². The summed E-state index contributed by atoms with van der Waals surface area (Å²) in [5.74, 6) is 0.142. The van der Waals surface area contributed by atoms with Gasteiger partial charge in [0, 0.05) is 25.8 Å². The molecule has 0 bridgehead atoms. The molecule has 1 heterocycles. The first kappa shape index (κ1) is 18.9. The highest BCUT2D eigenvalue weighted by atomic mass is 16.5. The molecule has 1 fully saturated rings. The van der Waals surface area contributed by atoms with E-state index in [1.54, 1.807) is 7.11 Å². The van der Waals surface area contributed by atoms with Crippen LogP contribution < -0.4 is 5.32 Å². The van der Waals surface area contributed by atoms with E-state index in [0.717, 1.165) is 31.2 Å². The number of carbonyl (C=O) groups excluding carboxylic acids is 2. The summed E-state index contributed by atoms with van der Waals surface area (Å²) in [7, 11) is 1.63. The number of benzene rings is 1. The van der Waals surface area contributed by atoms with Crippen LogP contribution in [0, 0.1) is 5.92 Å². The van der Waals surface area contributed by atoms with Gasteiger partial charge in [-0.3, -0.25) is 9.59 Å². The van der Waals surface area contributed by atoms with Crippen molar-refractivity contribution in [2.75, 3.05) is 26.8 Å². The van der Waals surface area contributed by atoms with Crippen LogP contribution in [0.2, 0.25) is 0 Å². The molecule has 1 saturated carbocycles. The summed E-state index contributed by atoms with van der Waals surface area (Å²) in [6.07, 6.45) is 3.90. The van der Waals surface area contributed by atoms with Gasteiger partial charge >= 0.3 is 0 Å². The van der Waals surface area contributed by atoms with Crippen molar-refractivity contribution in [3.05, 3.63) is 35.4 Å². The molecule has 26 heavy (non-hydrogen) atoms. The maximum absolute atomic E-state index is 13.3. The summed E-state index contributed by atoms with van der Waals surface area (Å²) in [5.41, 5.74) is 1.17. The summed E-state index contributed by atoms with van der Waals surface area (Å²) >= 11 is 0. The Morgan fingerprint density at radius 1 is 1.31 bits per heavy atom. The molecule has 1 aromatic rings. The first-order valence-corrected chi connectivity index (χ1v) is 9.69. The zero-order valence-electron chi connectivity index (χ0n) is 16.1. The van der Waals surface area contributed by atoms with Crippen LogP contribution in [0.4, 0.5) is 0 Å². The molecule has 5 nitrogen and oxygen atoms in total. The lowest BCUT2D eigenvalue weighted by atomic mass is 9.70.